The minimum Gasteiger partial charge on any atom is -0.319 e. The molecular weight excluding hydrogens is 800 g/mol. The molecule has 0 atom stereocenters. The molecule has 0 unspecified atom stereocenters. The number of para-hydroxylation sites is 3. The summed E-state index contributed by atoms with van der Waals surface area (Å²) in [5.74, 6) is 0.890. The number of hydroxylamine groups is 1. The molecule has 0 aliphatic carbocycles. The first kappa shape index (κ1) is 33.0. The van der Waals surface area contributed by atoms with Gasteiger partial charge >= 0.3 is 0 Å². The van der Waals surface area contributed by atoms with E-state index in [2.05, 4.69) is 178 Å². The van der Waals surface area contributed by atoms with Crippen LogP contribution in [0.5, 0.6) is 0 Å². The molecule has 7 heteroatoms. The van der Waals surface area contributed by atoms with E-state index in [0.717, 1.165) is 39.5 Å². The Morgan fingerprint density at radius 1 is 0.714 bits per heavy atom. The van der Waals surface area contributed by atoms with Gasteiger partial charge in [0.1, 0.15) is 22.7 Å². The second-order valence-corrected chi connectivity index (χ2v) is 18.5. The van der Waals surface area contributed by atoms with Crippen LogP contribution in [0, 0.1) is 19.1 Å². The van der Waals surface area contributed by atoms with Crippen LogP contribution in [0.4, 0.5) is 17.1 Å². The van der Waals surface area contributed by atoms with Gasteiger partial charge in [0.15, 0.2) is 0 Å². The molecule has 49 heavy (non-hydrogen) atoms. The van der Waals surface area contributed by atoms with E-state index >= 15 is 0 Å². The van der Waals surface area contributed by atoms with Gasteiger partial charge in [-0.3, -0.25) is 0 Å². The third kappa shape index (κ3) is 5.62. The van der Waals surface area contributed by atoms with Crippen molar-refractivity contribution in [1.82, 2.24) is 9.55 Å². The van der Waals surface area contributed by atoms with E-state index in [1.807, 2.05) is 11.3 Å². The molecule has 1 aliphatic heterocycles. The Morgan fingerprint density at radius 2 is 1.43 bits per heavy atom. The van der Waals surface area contributed by atoms with Crippen molar-refractivity contribution in [3.05, 3.63) is 139 Å². The van der Waals surface area contributed by atoms with Gasteiger partial charge in [-0.15, -0.1) is 21.6 Å². The summed E-state index contributed by atoms with van der Waals surface area (Å²) in [6, 6.07) is 48.6. The minimum absolute atomic E-state index is 0. The third-order valence-corrected chi connectivity index (χ3v) is 12.8. The van der Waals surface area contributed by atoms with Gasteiger partial charge < -0.3 is 4.57 Å². The van der Waals surface area contributed by atoms with Crippen LogP contribution in [0.2, 0.25) is 13.1 Å². The van der Waals surface area contributed by atoms with E-state index < -0.39 is 8.07 Å². The number of rotatable bonds is 5. The number of hydrogen-bond acceptors (Lipinski definition) is 3. The van der Waals surface area contributed by atoms with Crippen LogP contribution in [0.3, 0.4) is 0 Å². The van der Waals surface area contributed by atoms with Crippen LogP contribution < -0.4 is 20.5 Å². The summed E-state index contributed by atoms with van der Waals surface area (Å²) in [4.78, 5) is 9.98. The largest absolute Gasteiger partial charge is 0.319 e. The van der Waals surface area contributed by atoms with Gasteiger partial charge in [0.25, 0.3) is 0 Å². The molecule has 3 heterocycles. The number of hydrogen-bond donors (Lipinski definition) is 0. The van der Waals surface area contributed by atoms with Gasteiger partial charge in [0.2, 0.25) is 0 Å². The summed E-state index contributed by atoms with van der Waals surface area (Å²) in [6.45, 7) is 13.5. The molecule has 0 fully saturated rings. The molecule has 8 rings (SSSR count). The standard InChI is InChI=1S/C42H38N4OSi.Pt/c1-29-14-7-8-17-34(29)30-24-25-43-41(26-30)44-37-19-10-9-18-35(37)36-23-22-33(28-40(36)44)48(5,6)32-16-13-15-31(27-32)45-38-20-11-12-21-39(38)46(47-45)42(2,3)4;/h7-26H,1-6H3;/q-2;/p+1. The third-order valence-electron chi connectivity index (χ3n) is 9.52. The van der Waals surface area contributed by atoms with Crippen molar-refractivity contribution in [2.24, 2.45) is 0 Å². The second-order valence-electron chi connectivity index (χ2n) is 14.2. The fraction of sp³-hybridized carbons (Fsp3) is 0.167. The molecule has 2 aromatic heterocycles. The molecular formula is C42H39N4OPtSi-. The fourth-order valence-electron chi connectivity index (χ4n) is 6.87. The van der Waals surface area contributed by atoms with Crippen molar-refractivity contribution in [2.45, 2.75) is 46.3 Å². The second kappa shape index (κ2) is 12.4. The quantitative estimate of drug-likeness (QED) is 0.0987. The minimum atomic E-state index is -2.27. The summed E-state index contributed by atoms with van der Waals surface area (Å²) in [6.07, 6.45) is 1.92. The summed E-state index contributed by atoms with van der Waals surface area (Å²) in [5.41, 5.74) is 8.74. The normalized spacial score (nSPS) is 13.2. The molecule has 0 spiro atoms. The summed E-state index contributed by atoms with van der Waals surface area (Å²) in [7, 11) is -2.27. The molecule has 1 N–H and O–H groups in total. The Bertz CT molecular complexity index is 2340. The first-order valence-electron chi connectivity index (χ1n) is 16.5. The van der Waals surface area contributed by atoms with Crippen molar-refractivity contribution >= 4 is 57.3 Å². The molecule has 0 bridgehead atoms. The van der Waals surface area contributed by atoms with Crippen molar-refractivity contribution in [3.63, 3.8) is 0 Å². The van der Waals surface area contributed by atoms with Crippen LogP contribution in [-0.2, 0) is 21.1 Å². The van der Waals surface area contributed by atoms with Crippen LogP contribution in [-0.4, -0.2) is 28.1 Å². The van der Waals surface area contributed by atoms with Gasteiger partial charge in [-0.05, 0) is 80.1 Å². The van der Waals surface area contributed by atoms with Crippen LogP contribution >= 0.6 is 0 Å². The monoisotopic (exact) mass is 838 g/mol. The van der Waals surface area contributed by atoms with Gasteiger partial charge in [0.05, 0.1) is 8.07 Å². The Labute approximate surface area is 304 Å². The first-order chi connectivity index (χ1) is 23.1. The summed E-state index contributed by atoms with van der Waals surface area (Å²) >= 11 is 0. The number of anilines is 3. The molecule has 5 nitrogen and oxygen atoms in total. The number of pyridine rings is 1. The van der Waals surface area contributed by atoms with Crippen LogP contribution in [0.25, 0.3) is 38.8 Å². The van der Waals surface area contributed by atoms with E-state index in [1.54, 1.807) is 0 Å². The molecule has 0 amide bonds. The van der Waals surface area contributed by atoms with Crippen molar-refractivity contribution in [3.8, 4) is 16.9 Å². The zero-order valence-corrected chi connectivity index (χ0v) is 31.9. The number of benzene rings is 5. The Balaban J connectivity index is 0.00000378. The van der Waals surface area contributed by atoms with E-state index in [9.17, 15) is 0 Å². The van der Waals surface area contributed by atoms with Gasteiger partial charge in [-0.1, -0.05) is 73.2 Å². The first-order valence-corrected chi connectivity index (χ1v) is 19.5. The number of nitrogens with zero attached hydrogens (tertiary/aromatic N) is 4. The van der Waals surface area contributed by atoms with Crippen molar-refractivity contribution < 1.29 is 26.0 Å². The van der Waals surface area contributed by atoms with Crippen LogP contribution in [0.1, 0.15) is 26.3 Å². The van der Waals surface area contributed by atoms with Crippen LogP contribution in [0.15, 0.2) is 121 Å². The van der Waals surface area contributed by atoms with E-state index in [4.69, 9.17) is 9.92 Å². The predicted octanol–water partition coefficient (Wildman–Crippen LogP) is 9.17. The Hall–Kier alpha value is -4.48. The molecule has 0 saturated carbocycles. The molecule has 0 saturated heterocycles. The predicted molar refractivity (Wildman–Crippen MR) is 202 cm³/mol. The molecule has 5 aromatic carbocycles. The maximum Gasteiger partial charge on any atom is 0.145 e. The topological polar surface area (TPSA) is 37.1 Å². The fourth-order valence-corrected chi connectivity index (χ4v) is 9.05. The smallest absolute Gasteiger partial charge is 0.145 e. The van der Waals surface area contributed by atoms with Gasteiger partial charge in [-0.2, -0.15) is 51.7 Å². The van der Waals surface area contributed by atoms with E-state index in [0.29, 0.717) is 0 Å². The van der Waals surface area contributed by atoms with Crippen molar-refractivity contribution in [2.75, 3.05) is 10.1 Å². The molecule has 7 aromatic rings. The van der Waals surface area contributed by atoms with Gasteiger partial charge in [0, 0.05) is 38.5 Å². The number of aromatic nitrogens is 2. The average Bonchev–Trinajstić information content (AvgIpc) is 3.65. The zero-order valence-electron chi connectivity index (χ0n) is 28.6. The maximum atomic E-state index is 5.07. The maximum absolute atomic E-state index is 5.07. The average molecular weight is 839 g/mol. The SMILES string of the molecule is Cc1ccccc1-c1ccnc(-n2c3[c-]c([Si](C)(C)c4[c-]c(N5[OH+]N(C(C)(C)C)c6ccccc65)ccc4)ccc3c3ccccc32)c1.[Pt]. The summed E-state index contributed by atoms with van der Waals surface area (Å²) < 4.78 is 2.28. The molecule has 0 radical (unpaired) electrons. The number of aryl methyl sites for hydroxylation is 1. The Morgan fingerprint density at radius 3 is 2.22 bits per heavy atom. The number of fused-ring (bicyclic) bond motifs is 4. The van der Waals surface area contributed by atoms with Crippen molar-refractivity contribution in [1.29, 1.82) is 0 Å². The summed E-state index contributed by atoms with van der Waals surface area (Å²) in [5, 5.41) is 8.94. The zero-order chi connectivity index (χ0) is 33.2. The Kier molecular flexibility index (Phi) is 8.39. The molecule has 1 aliphatic rings. The molecule has 248 valence electrons. The van der Waals surface area contributed by atoms with E-state index in [1.165, 1.54) is 32.3 Å². The van der Waals surface area contributed by atoms with Gasteiger partial charge in [-0.25, -0.2) is 4.98 Å². The van der Waals surface area contributed by atoms with E-state index in [-0.39, 0.29) is 26.6 Å².